The number of aliphatic hydroxyl groups is 1. The first-order valence-electron chi connectivity index (χ1n) is 6.83. The number of fused-ring (bicyclic) bond motifs is 1. The van der Waals surface area contributed by atoms with Crippen LogP contribution in [0.3, 0.4) is 0 Å². The third-order valence-electron chi connectivity index (χ3n) is 3.33. The zero-order valence-corrected chi connectivity index (χ0v) is 11.0. The fourth-order valence-corrected chi connectivity index (χ4v) is 2.41. The van der Waals surface area contributed by atoms with Crippen molar-refractivity contribution in [2.24, 2.45) is 0 Å². The molecule has 18 heavy (non-hydrogen) atoms. The summed E-state index contributed by atoms with van der Waals surface area (Å²) in [5, 5.41) is 9.95. The number of hydrogen-bond donors (Lipinski definition) is 1. The monoisotopic (exact) mass is 250 g/mol. The molecule has 0 heterocycles. The van der Waals surface area contributed by atoms with Crippen molar-refractivity contribution in [2.75, 3.05) is 19.8 Å². The summed E-state index contributed by atoms with van der Waals surface area (Å²) in [5.74, 6) is 0.933. The molecule has 3 heteroatoms. The molecule has 0 bridgehead atoms. The van der Waals surface area contributed by atoms with E-state index in [1.807, 2.05) is 25.1 Å². The van der Waals surface area contributed by atoms with E-state index >= 15 is 0 Å². The van der Waals surface area contributed by atoms with E-state index in [2.05, 4.69) is 0 Å². The summed E-state index contributed by atoms with van der Waals surface area (Å²) >= 11 is 0. The second kappa shape index (κ2) is 6.76. The predicted molar refractivity (Wildman–Crippen MR) is 70.9 cm³/mol. The standard InChI is InChI=1S/C15H22O3/c1-2-17-10-5-11-18-15-9-4-6-12-13(15)7-3-8-14(12)16/h4,6,9,14,16H,2-3,5,7-8,10-11H2,1H3. The lowest BCUT2D eigenvalue weighted by molar-refractivity contribution is 0.129. The van der Waals surface area contributed by atoms with Crippen LogP contribution >= 0.6 is 0 Å². The lowest BCUT2D eigenvalue weighted by Gasteiger charge is -2.23. The molecule has 0 saturated carbocycles. The average Bonchev–Trinajstić information content (AvgIpc) is 2.39. The Morgan fingerprint density at radius 2 is 2.22 bits per heavy atom. The minimum atomic E-state index is -0.319. The van der Waals surface area contributed by atoms with Gasteiger partial charge in [-0.25, -0.2) is 0 Å². The van der Waals surface area contributed by atoms with E-state index in [9.17, 15) is 5.11 Å². The van der Waals surface area contributed by atoms with Crippen LogP contribution in [0.2, 0.25) is 0 Å². The number of rotatable bonds is 6. The number of aliphatic hydroxyl groups excluding tert-OH is 1. The zero-order chi connectivity index (χ0) is 12.8. The summed E-state index contributed by atoms with van der Waals surface area (Å²) in [4.78, 5) is 0. The first-order chi connectivity index (χ1) is 8.83. The van der Waals surface area contributed by atoms with Gasteiger partial charge in [-0.15, -0.1) is 0 Å². The van der Waals surface area contributed by atoms with E-state index < -0.39 is 0 Å². The van der Waals surface area contributed by atoms with Gasteiger partial charge >= 0.3 is 0 Å². The van der Waals surface area contributed by atoms with Crippen molar-refractivity contribution in [1.82, 2.24) is 0 Å². The Labute approximate surface area is 109 Å². The molecule has 1 atom stereocenters. The van der Waals surface area contributed by atoms with E-state index in [1.54, 1.807) is 0 Å². The van der Waals surface area contributed by atoms with Crippen LogP contribution in [0.25, 0.3) is 0 Å². The molecule has 0 amide bonds. The van der Waals surface area contributed by atoms with E-state index in [0.29, 0.717) is 6.61 Å². The van der Waals surface area contributed by atoms with Crippen molar-refractivity contribution in [1.29, 1.82) is 0 Å². The molecule has 1 N–H and O–H groups in total. The van der Waals surface area contributed by atoms with Crippen LogP contribution in [0.5, 0.6) is 5.75 Å². The highest BCUT2D eigenvalue weighted by Crippen LogP contribution is 2.35. The minimum absolute atomic E-state index is 0.319. The second-order valence-corrected chi connectivity index (χ2v) is 4.63. The first-order valence-corrected chi connectivity index (χ1v) is 6.83. The van der Waals surface area contributed by atoms with Gasteiger partial charge in [0.15, 0.2) is 0 Å². The maximum Gasteiger partial charge on any atom is 0.122 e. The van der Waals surface area contributed by atoms with Gasteiger partial charge in [-0.2, -0.15) is 0 Å². The Bertz CT molecular complexity index is 376. The average molecular weight is 250 g/mol. The number of benzene rings is 1. The SMILES string of the molecule is CCOCCCOc1cccc2c1CCCC2O. The highest BCUT2D eigenvalue weighted by molar-refractivity contribution is 5.42. The van der Waals surface area contributed by atoms with Crippen LogP contribution in [0.15, 0.2) is 18.2 Å². The summed E-state index contributed by atoms with van der Waals surface area (Å²) in [7, 11) is 0. The lowest BCUT2D eigenvalue weighted by Crippen LogP contribution is -2.12. The Morgan fingerprint density at radius 3 is 3.06 bits per heavy atom. The van der Waals surface area contributed by atoms with E-state index in [4.69, 9.17) is 9.47 Å². The molecular weight excluding hydrogens is 228 g/mol. The smallest absolute Gasteiger partial charge is 0.122 e. The Hall–Kier alpha value is -1.06. The molecule has 1 aliphatic rings. The molecule has 1 unspecified atom stereocenters. The van der Waals surface area contributed by atoms with Crippen LogP contribution in [-0.4, -0.2) is 24.9 Å². The van der Waals surface area contributed by atoms with Crippen LogP contribution < -0.4 is 4.74 Å². The molecule has 1 aromatic rings. The topological polar surface area (TPSA) is 38.7 Å². The summed E-state index contributed by atoms with van der Waals surface area (Å²) in [6.45, 7) is 4.17. The van der Waals surface area contributed by atoms with Gasteiger partial charge in [0.2, 0.25) is 0 Å². The first kappa shape index (κ1) is 13.4. The third-order valence-corrected chi connectivity index (χ3v) is 3.33. The predicted octanol–water partition coefficient (Wildman–Crippen LogP) is 2.86. The van der Waals surface area contributed by atoms with Crippen molar-refractivity contribution in [3.05, 3.63) is 29.3 Å². The van der Waals surface area contributed by atoms with E-state index in [-0.39, 0.29) is 6.10 Å². The third kappa shape index (κ3) is 3.24. The van der Waals surface area contributed by atoms with Gasteiger partial charge in [0.1, 0.15) is 5.75 Å². The van der Waals surface area contributed by atoms with E-state index in [0.717, 1.165) is 50.2 Å². The normalized spacial score (nSPS) is 18.4. The van der Waals surface area contributed by atoms with Gasteiger partial charge in [0.05, 0.1) is 12.7 Å². The van der Waals surface area contributed by atoms with Crippen molar-refractivity contribution in [3.8, 4) is 5.75 Å². The van der Waals surface area contributed by atoms with Crippen LogP contribution in [0.4, 0.5) is 0 Å². The molecule has 2 rings (SSSR count). The molecule has 1 aliphatic carbocycles. The van der Waals surface area contributed by atoms with Gasteiger partial charge in [-0.1, -0.05) is 12.1 Å². The van der Waals surface area contributed by atoms with Gasteiger partial charge in [0, 0.05) is 19.6 Å². The molecule has 3 nitrogen and oxygen atoms in total. The Balaban J connectivity index is 1.94. The van der Waals surface area contributed by atoms with Crippen LogP contribution in [0, 0.1) is 0 Å². The lowest BCUT2D eigenvalue weighted by atomic mass is 9.89. The maximum absolute atomic E-state index is 9.95. The summed E-state index contributed by atoms with van der Waals surface area (Å²) in [6.07, 6.45) is 3.49. The van der Waals surface area contributed by atoms with Gasteiger partial charge < -0.3 is 14.6 Å². The summed E-state index contributed by atoms with van der Waals surface area (Å²) in [6, 6.07) is 5.97. The minimum Gasteiger partial charge on any atom is -0.493 e. The highest BCUT2D eigenvalue weighted by Gasteiger charge is 2.20. The Morgan fingerprint density at radius 1 is 1.33 bits per heavy atom. The second-order valence-electron chi connectivity index (χ2n) is 4.63. The number of hydrogen-bond acceptors (Lipinski definition) is 3. The molecule has 0 aromatic heterocycles. The highest BCUT2D eigenvalue weighted by atomic mass is 16.5. The number of ether oxygens (including phenoxy) is 2. The molecule has 1 aromatic carbocycles. The molecule has 0 aliphatic heterocycles. The quantitative estimate of drug-likeness (QED) is 0.789. The van der Waals surface area contributed by atoms with E-state index in [1.165, 1.54) is 5.56 Å². The summed E-state index contributed by atoms with van der Waals surface area (Å²) in [5.41, 5.74) is 2.23. The van der Waals surface area contributed by atoms with Gasteiger partial charge in [-0.05, 0) is 43.4 Å². The van der Waals surface area contributed by atoms with Crippen LogP contribution in [-0.2, 0) is 11.2 Å². The van der Waals surface area contributed by atoms with Crippen molar-refractivity contribution in [2.45, 2.75) is 38.7 Å². The molecule has 100 valence electrons. The van der Waals surface area contributed by atoms with Crippen molar-refractivity contribution < 1.29 is 14.6 Å². The molecule has 0 fully saturated rings. The largest absolute Gasteiger partial charge is 0.493 e. The van der Waals surface area contributed by atoms with Crippen molar-refractivity contribution >= 4 is 0 Å². The summed E-state index contributed by atoms with van der Waals surface area (Å²) < 4.78 is 11.1. The fourth-order valence-electron chi connectivity index (χ4n) is 2.41. The van der Waals surface area contributed by atoms with Gasteiger partial charge in [0.25, 0.3) is 0 Å². The molecule has 0 saturated heterocycles. The van der Waals surface area contributed by atoms with Crippen molar-refractivity contribution in [3.63, 3.8) is 0 Å². The maximum atomic E-state index is 9.95. The fraction of sp³-hybridized carbons (Fsp3) is 0.600. The zero-order valence-electron chi connectivity index (χ0n) is 11.0. The molecule has 0 spiro atoms. The Kier molecular flexibility index (Phi) is 5.02. The van der Waals surface area contributed by atoms with Gasteiger partial charge in [-0.3, -0.25) is 0 Å². The molecular formula is C15H22O3. The van der Waals surface area contributed by atoms with Crippen LogP contribution in [0.1, 0.15) is 43.4 Å². The molecule has 0 radical (unpaired) electrons.